The average Bonchev–Trinajstić information content (AvgIpc) is 2.88. The molecule has 2 rings (SSSR count). The Morgan fingerprint density at radius 1 is 1.22 bits per heavy atom. The van der Waals surface area contributed by atoms with E-state index in [-0.39, 0.29) is 23.0 Å². The van der Waals surface area contributed by atoms with Crippen LogP contribution in [0.3, 0.4) is 0 Å². The molecule has 2 amide bonds. The number of nitrogens with zero attached hydrogens (tertiary/aromatic N) is 1. The molecule has 2 N–H and O–H groups in total. The number of carbonyl (C=O) groups excluding carboxylic acids is 1. The molecule has 0 fully saturated rings. The standard InChI is InChI=1S/C15H16F3N3O2/c1-8(2)12-7-13(21-23-12)20-14(22)19-10-5-4-9(3)11(6-10)15(16,17)18/h4-8H,1-3H3,(H2,19,20,21,22). The van der Waals surface area contributed by atoms with Crippen molar-refractivity contribution in [2.45, 2.75) is 32.9 Å². The van der Waals surface area contributed by atoms with E-state index in [0.29, 0.717) is 5.76 Å². The number of aryl methyl sites for hydroxylation is 1. The molecule has 1 heterocycles. The maximum Gasteiger partial charge on any atom is 0.416 e. The predicted molar refractivity (Wildman–Crippen MR) is 79.4 cm³/mol. The molecule has 0 saturated carbocycles. The minimum Gasteiger partial charge on any atom is -0.359 e. The molecule has 8 heteroatoms. The molecular formula is C15H16F3N3O2. The molecule has 0 saturated heterocycles. The van der Waals surface area contributed by atoms with Crippen LogP contribution in [0.25, 0.3) is 0 Å². The van der Waals surface area contributed by atoms with E-state index >= 15 is 0 Å². The number of hydrogen-bond donors (Lipinski definition) is 2. The molecule has 1 aromatic heterocycles. The van der Waals surface area contributed by atoms with Gasteiger partial charge >= 0.3 is 12.2 Å². The van der Waals surface area contributed by atoms with Gasteiger partial charge in [0, 0.05) is 17.7 Å². The lowest BCUT2D eigenvalue weighted by Crippen LogP contribution is -2.20. The number of hydrogen-bond acceptors (Lipinski definition) is 3. The minimum atomic E-state index is -4.48. The van der Waals surface area contributed by atoms with Crippen LogP contribution >= 0.6 is 0 Å². The maximum absolute atomic E-state index is 12.8. The van der Waals surface area contributed by atoms with E-state index < -0.39 is 17.8 Å². The molecule has 5 nitrogen and oxygen atoms in total. The largest absolute Gasteiger partial charge is 0.416 e. The SMILES string of the molecule is Cc1ccc(NC(=O)Nc2cc(C(C)C)on2)cc1C(F)(F)F. The number of carbonyl (C=O) groups is 1. The summed E-state index contributed by atoms with van der Waals surface area (Å²) in [5, 5.41) is 8.40. The van der Waals surface area contributed by atoms with E-state index in [4.69, 9.17) is 4.52 Å². The number of nitrogens with one attached hydrogen (secondary N) is 2. The Hall–Kier alpha value is -2.51. The van der Waals surface area contributed by atoms with Gasteiger partial charge in [0.15, 0.2) is 5.82 Å². The van der Waals surface area contributed by atoms with E-state index in [2.05, 4.69) is 15.8 Å². The van der Waals surface area contributed by atoms with Crippen LogP contribution in [-0.2, 0) is 6.18 Å². The fraction of sp³-hybridized carbons (Fsp3) is 0.333. The first-order valence-corrected chi connectivity index (χ1v) is 6.89. The summed E-state index contributed by atoms with van der Waals surface area (Å²) in [5.41, 5.74) is -0.673. The predicted octanol–water partition coefficient (Wildman–Crippen LogP) is 4.77. The molecule has 0 unspecified atom stereocenters. The van der Waals surface area contributed by atoms with Gasteiger partial charge in [-0.2, -0.15) is 13.2 Å². The first-order chi connectivity index (χ1) is 10.7. The second-order valence-electron chi connectivity index (χ2n) is 5.38. The van der Waals surface area contributed by atoms with Gasteiger partial charge in [-0.1, -0.05) is 25.1 Å². The van der Waals surface area contributed by atoms with Crippen molar-refractivity contribution >= 4 is 17.5 Å². The molecular weight excluding hydrogens is 311 g/mol. The highest BCUT2D eigenvalue weighted by Gasteiger charge is 2.32. The number of rotatable bonds is 3. The molecule has 0 bridgehead atoms. The third-order valence-corrected chi connectivity index (χ3v) is 3.14. The first kappa shape index (κ1) is 16.9. The zero-order chi connectivity index (χ0) is 17.2. The molecule has 2 aromatic rings. The van der Waals surface area contributed by atoms with Crippen LogP contribution in [0.1, 0.15) is 36.7 Å². The van der Waals surface area contributed by atoms with Crippen LogP contribution in [0.15, 0.2) is 28.8 Å². The van der Waals surface area contributed by atoms with Gasteiger partial charge in [-0.25, -0.2) is 4.79 Å². The van der Waals surface area contributed by atoms with Crippen molar-refractivity contribution in [3.05, 3.63) is 41.2 Å². The van der Waals surface area contributed by atoms with E-state index in [1.54, 1.807) is 6.07 Å². The molecule has 0 aliphatic carbocycles. The lowest BCUT2D eigenvalue weighted by molar-refractivity contribution is -0.138. The summed E-state index contributed by atoms with van der Waals surface area (Å²) < 4.78 is 43.5. The smallest absolute Gasteiger partial charge is 0.359 e. The van der Waals surface area contributed by atoms with Crippen LogP contribution in [0.4, 0.5) is 29.5 Å². The maximum atomic E-state index is 12.8. The summed E-state index contributed by atoms with van der Waals surface area (Å²) in [6.45, 7) is 5.15. The van der Waals surface area contributed by atoms with Crippen molar-refractivity contribution in [2.24, 2.45) is 0 Å². The molecule has 124 valence electrons. The molecule has 0 aliphatic heterocycles. The van der Waals surface area contributed by atoms with E-state index in [0.717, 1.165) is 6.07 Å². The monoisotopic (exact) mass is 327 g/mol. The molecule has 1 aromatic carbocycles. The number of amides is 2. The summed E-state index contributed by atoms with van der Waals surface area (Å²) in [7, 11) is 0. The highest BCUT2D eigenvalue weighted by molar-refractivity contribution is 5.99. The summed E-state index contributed by atoms with van der Waals surface area (Å²) in [4.78, 5) is 11.8. The minimum absolute atomic E-state index is 0.0352. The van der Waals surface area contributed by atoms with Crippen molar-refractivity contribution in [1.29, 1.82) is 0 Å². The highest BCUT2D eigenvalue weighted by atomic mass is 19.4. The van der Waals surface area contributed by atoms with Gasteiger partial charge < -0.3 is 9.84 Å². The Labute approximate surface area is 130 Å². The van der Waals surface area contributed by atoms with E-state index in [1.807, 2.05) is 13.8 Å². The zero-order valence-electron chi connectivity index (χ0n) is 12.8. The van der Waals surface area contributed by atoms with Gasteiger partial charge in [0.25, 0.3) is 0 Å². The van der Waals surface area contributed by atoms with Crippen LogP contribution in [0, 0.1) is 6.92 Å². The van der Waals surface area contributed by atoms with Crippen molar-refractivity contribution in [2.75, 3.05) is 10.6 Å². The van der Waals surface area contributed by atoms with Gasteiger partial charge in [0.2, 0.25) is 0 Å². The second kappa shape index (κ2) is 6.31. The number of benzene rings is 1. The molecule has 0 aliphatic rings. The van der Waals surface area contributed by atoms with Gasteiger partial charge in [-0.05, 0) is 24.6 Å². The number of alkyl halides is 3. The van der Waals surface area contributed by atoms with Crippen LogP contribution in [0.5, 0.6) is 0 Å². The topological polar surface area (TPSA) is 67.2 Å². The first-order valence-electron chi connectivity index (χ1n) is 6.89. The van der Waals surface area contributed by atoms with Gasteiger partial charge in [0.1, 0.15) is 5.76 Å². The van der Waals surface area contributed by atoms with E-state index in [1.165, 1.54) is 19.1 Å². The Kier molecular flexibility index (Phi) is 4.63. The van der Waals surface area contributed by atoms with E-state index in [9.17, 15) is 18.0 Å². The van der Waals surface area contributed by atoms with Gasteiger partial charge in [-0.3, -0.25) is 5.32 Å². The fourth-order valence-electron chi connectivity index (χ4n) is 1.90. The Morgan fingerprint density at radius 3 is 2.48 bits per heavy atom. The van der Waals surface area contributed by atoms with Crippen LogP contribution < -0.4 is 10.6 Å². The van der Waals surface area contributed by atoms with Crippen LogP contribution in [-0.4, -0.2) is 11.2 Å². The highest BCUT2D eigenvalue weighted by Crippen LogP contribution is 2.33. The van der Waals surface area contributed by atoms with Crippen molar-refractivity contribution in [3.8, 4) is 0 Å². The quantitative estimate of drug-likeness (QED) is 0.853. The summed E-state index contributed by atoms with van der Waals surface area (Å²) in [5.74, 6) is 0.886. The molecule has 0 spiro atoms. The molecule has 0 atom stereocenters. The second-order valence-corrected chi connectivity index (χ2v) is 5.38. The molecule has 23 heavy (non-hydrogen) atoms. The number of aromatic nitrogens is 1. The third kappa shape index (κ3) is 4.24. The lowest BCUT2D eigenvalue weighted by Gasteiger charge is -2.12. The number of urea groups is 1. The number of anilines is 2. The van der Waals surface area contributed by atoms with Crippen molar-refractivity contribution < 1.29 is 22.5 Å². The Morgan fingerprint density at radius 2 is 1.91 bits per heavy atom. The summed E-state index contributed by atoms with van der Waals surface area (Å²) in [6, 6.07) is 4.43. The fourth-order valence-corrected chi connectivity index (χ4v) is 1.90. The van der Waals surface area contributed by atoms with Gasteiger partial charge in [-0.15, -0.1) is 0 Å². The molecule has 0 radical (unpaired) electrons. The average molecular weight is 327 g/mol. The van der Waals surface area contributed by atoms with Crippen LogP contribution in [0.2, 0.25) is 0 Å². The zero-order valence-corrected chi connectivity index (χ0v) is 12.8. The Balaban J connectivity index is 2.08. The normalized spacial score (nSPS) is 11.6. The van der Waals surface area contributed by atoms with Gasteiger partial charge in [0.05, 0.1) is 5.56 Å². The van der Waals surface area contributed by atoms with Crippen molar-refractivity contribution in [3.63, 3.8) is 0 Å². The Bertz CT molecular complexity index is 708. The summed E-state index contributed by atoms with van der Waals surface area (Å²) in [6.07, 6.45) is -4.48. The number of halogens is 3. The van der Waals surface area contributed by atoms with Crippen molar-refractivity contribution in [1.82, 2.24) is 5.16 Å². The lowest BCUT2D eigenvalue weighted by atomic mass is 10.1. The summed E-state index contributed by atoms with van der Waals surface area (Å²) >= 11 is 0. The third-order valence-electron chi connectivity index (χ3n) is 3.14.